The van der Waals surface area contributed by atoms with Gasteiger partial charge >= 0.3 is 0 Å². The molecule has 0 spiro atoms. The van der Waals surface area contributed by atoms with E-state index in [1.807, 2.05) is 32.0 Å². The Kier molecular flexibility index (Phi) is 4.96. The molecule has 2 amide bonds. The molecule has 0 bridgehead atoms. The minimum atomic E-state index is -0.572. The lowest BCUT2D eigenvalue weighted by Crippen LogP contribution is -2.54. The molecule has 1 fully saturated rings. The molecule has 1 aliphatic heterocycles. The summed E-state index contributed by atoms with van der Waals surface area (Å²) in [6.45, 7) is 3.85. The maximum atomic E-state index is 13.0. The lowest BCUT2D eigenvalue weighted by molar-refractivity contribution is -0.122. The molecule has 6 nitrogen and oxygen atoms in total. The molecule has 27 heavy (non-hydrogen) atoms. The number of benzene rings is 2. The van der Waals surface area contributed by atoms with Crippen LogP contribution in [0.25, 0.3) is 6.08 Å². The first-order valence-corrected chi connectivity index (χ1v) is 8.57. The lowest BCUT2D eigenvalue weighted by atomic mass is 10.1. The number of thiocarbonyl (C=S) groups is 1. The van der Waals surface area contributed by atoms with Gasteiger partial charge in [0.25, 0.3) is 11.8 Å². The number of ether oxygens (including phenoxy) is 1. The van der Waals surface area contributed by atoms with Crippen molar-refractivity contribution < 1.29 is 19.4 Å². The van der Waals surface area contributed by atoms with Crippen LogP contribution in [0, 0.1) is 13.8 Å². The number of hydrogen-bond acceptors (Lipinski definition) is 5. The van der Waals surface area contributed by atoms with Gasteiger partial charge in [-0.1, -0.05) is 12.1 Å². The number of aryl methyl sites for hydroxylation is 2. The van der Waals surface area contributed by atoms with Crippen molar-refractivity contribution in [3.63, 3.8) is 0 Å². The van der Waals surface area contributed by atoms with Gasteiger partial charge in [-0.25, -0.2) is 0 Å². The van der Waals surface area contributed by atoms with Crippen LogP contribution in [-0.4, -0.2) is 29.1 Å². The van der Waals surface area contributed by atoms with Crippen molar-refractivity contribution in [3.8, 4) is 11.5 Å². The van der Waals surface area contributed by atoms with Crippen LogP contribution in [-0.2, 0) is 9.59 Å². The highest BCUT2D eigenvalue weighted by molar-refractivity contribution is 7.80. The molecule has 7 heteroatoms. The van der Waals surface area contributed by atoms with Gasteiger partial charge in [0.15, 0.2) is 16.6 Å². The van der Waals surface area contributed by atoms with E-state index in [-0.39, 0.29) is 22.2 Å². The predicted octanol–water partition coefficient (Wildman–Crippen LogP) is 2.85. The average Bonchev–Trinajstić information content (AvgIpc) is 2.59. The maximum absolute atomic E-state index is 13.0. The summed E-state index contributed by atoms with van der Waals surface area (Å²) < 4.78 is 5.07. The highest BCUT2D eigenvalue weighted by atomic mass is 32.1. The summed E-state index contributed by atoms with van der Waals surface area (Å²) >= 11 is 5.22. The zero-order valence-electron chi connectivity index (χ0n) is 15.1. The first kappa shape index (κ1) is 18.6. The SMILES string of the molecule is COc1cc(/C=C2\C(=O)NC(=S)N(c3cc(C)cc(C)c3)C2=O)ccc1O. The first-order valence-electron chi connectivity index (χ1n) is 8.17. The Hall–Kier alpha value is -3.19. The van der Waals surface area contributed by atoms with E-state index in [9.17, 15) is 14.7 Å². The Balaban J connectivity index is 2.04. The number of phenolic OH excluding ortho intramolecular Hbond substituents is 1. The summed E-state index contributed by atoms with van der Waals surface area (Å²) in [6, 6.07) is 10.2. The van der Waals surface area contributed by atoms with Gasteiger partial charge in [0.05, 0.1) is 12.8 Å². The van der Waals surface area contributed by atoms with Crippen LogP contribution in [0.1, 0.15) is 16.7 Å². The minimum Gasteiger partial charge on any atom is -0.504 e. The zero-order valence-corrected chi connectivity index (χ0v) is 15.9. The largest absolute Gasteiger partial charge is 0.504 e. The van der Waals surface area contributed by atoms with Crippen molar-refractivity contribution in [2.75, 3.05) is 12.0 Å². The van der Waals surface area contributed by atoms with Crippen LogP contribution in [0.2, 0.25) is 0 Å². The summed E-state index contributed by atoms with van der Waals surface area (Å²) in [6.07, 6.45) is 1.44. The second-order valence-corrected chi connectivity index (χ2v) is 6.62. The van der Waals surface area contributed by atoms with E-state index in [4.69, 9.17) is 17.0 Å². The van der Waals surface area contributed by atoms with Crippen LogP contribution in [0.3, 0.4) is 0 Å². The lowest BCUT2D eigenvalue weighted by Gasteiger charge is -2.29. The molecule has 0 aliphatic carbocycles. The van der Waals surface area contributed by atoms with Crippen LogP contribution in [0.15, 0.2) is 42.0 Å². The fourth-order valence-electron chi connectivity index (χ4n) is 2.92. The number of anilines is 1. The second kappa shape index (κ2) is 7.20. The van der Waals surface area contributed by atoms with E-state index >= 15 is 0 Å². The number of aromatic hydroxyl groups is 1. The van der Waals surface area contributed by atoms with Gasteiger partial charge in [-0.05, 0) is 73.1 Å². The number of nitrogens with zero attached hydrogens (tertiary/aromatic N) is 1. The highest BCUT2D eigenvalue weighted by Crippen LogP contribution is 2.29. The van der Waals surface area contributed by atoms with Gasteiger partial charge in [-0.15, -0.1) is 0 Å². The molecule has 1 saturated heterocycles. The van der Waals surface area contributed by atoms with Crippen molar-refractivity contribution in [2.45, 2.75) is 13.8 Å². The van der Waals surface area contributed by atoms with Crippen LogP contribution >= 0.6 is 12.2 Å². The second-order valence-electron chi connectivity index (χ2n) is 6.24. The van der Waals surface area contributed by atoms with Gasteiger partial charge in [0.1, 0.15) is 5.57 Å². The third-order valence-electron chi connectivity index (χ3n) is 4.08. The molecule has 138 valence electrons. The standard InChI is InChI=1S/C20H18N2O4S/c1-11-6-12(2)8-14(7-11)22-19(25)15(18(24)21-20(22)27)9-13-4-5-16(23)17(10-13)26-3/h4-10,23H,1-3H3,(H,21,24,27)/b15-9+. The summed E-state index contributed by atoms with van der Waals surface area (Å²) in [5.41, 5.74) is 3.03. The molecule has 0 saturated carbocycles. The number of carbonyl (C=O) groups is 2. The summed E-state index contributed by atoms with van der Waals surface area (Å²) in [5.74, 6) is -0.870. The molecular formula is C20H18N2O4S. The van der Waals surface area contributed by atoms with Crippen LogP contribution in [0.4, 0.5) is 5.69 Å². The first-order chi connectivity index (χ1) is 12.8. The molecule has 0 radical (unpaired) electrons. The molecule has 1 aliphatic rings. The monoisotopic (exact) mass is 382 g/mol. The molecule has 2 N–H and O–H groups in total. The minimum absolute atomic E-state index is 0.0305. The van der Waals surface area contributed by atoms with Crippen molar-refractivity contribution in [3.05, 3.63) is 58.7 Å². The number of methoxy groups -OCH3 is 1. The quantitative estimate of drug-likeness (QED) is 0.485. The zero-order chi connectivity index (χ0) is 19.7. The molecule has 3 rings (SSSR count). The topological polar surface area (TPSA) is 78.9 Å². The fraction of sp³-hybridized carbons (Fsp3) is 0.150. The maximum Gasteiger partial charge on any atom is 0.270 e. The normalized spacial score (nSPS) is 15.9. The molecule has 2 aromatic carbocycles. The summed E-state index contributed by atoms with van der Waals surface area (Å²) in [4.78, 5) is 26.7. The third-order valence-corrected chi connectivity index (χ3v) is 4.37. The molecule has 2 aromatic rings. The van der Waals surface area contributed by atoms with E-state index in [2.05, 4.69) is 5.32 Å². The van der Waals surface area contributed by atoms with E-state index in [1.165, 1.54) is 30.2 Å². The number of carbonyl (C=O) groups excluding carboxylic acids is 2. The number of phenols is 1. The van der Waals surface area contributed by atoms with Crippen LogP contribution < -0.4 is 15.0 Å². The van der Waals surface area contributed by atoms with E-state index in [0.717, 1.165) is 11.1 Å². The molecule has 0 unspecified atom stereocenters. The Morgan fingerprint density at radius 3 is 2.41 bits per heavy atom. The summed E-state index contributed by atoms with van der Waals surface area (Å²) in [7, 11) is 1.42. The smallest absolute Gasteiger partial charge is 0.270 e. The van der Waals surface area contributed by atoms with Gasteiger partial charge in [-0.3, -0.25) is 19.8 Å². The van der Waals surface area contributed by atoms with Crippen molar-refractivity contribution >= 4 is 40.9 Å². The molecule has 1 heterocycles. The average molecular weight is 382 g/mol. The number of amides is 2. The Morgan fingerprint density at radius 1 is 1.11 bits per heavy atom. The van der Waals surface area contributed by atoms with Crippen molar-refractivity contribution in [1.82, 2.24) is 5.32 Å². The number of nitrogens with one attached hydrogen (secondary N) is 1. The Morgan fingerprint density at radius 2 is 1.78 bits per heavy atom. The Labute approximate surface area is 162 Å². The fourth-order valence-corrected chi connectivity index (χ4v) is 3.20. The van der Waals surface area contributed by atoms with Gasteiger partial charge in [0, 0.05) is 0 Å². The molecular weight excluding hydrogens is 364 g/mol. The van der Waals surface area contributed by atoms with E-state index < -0.39 is 11.8 Å². The van der Waals surface area contributed by atoms with Crippen molar-refractivity contribution in [2.24, 2.45) is 0 Å². The predicted molar refractivity (Wildman–Crippen MR) is 107 cm³/mol. The van der Waals surface area contributed by atoms with E-state index in [0.29, 0.717) is 11.3 Å². The number of hydrogen-bond donors (Lipinski definition) is 2. The van der Waals surface area contributed by atoms with Crippen molar-refractivity contribution in [1.29, 1.82) is 0 Å². The number of rotatable bonds is 3. The molecule has 0 aromatic heterocycles. The Bertz CT molecular complexity index is 977. The van der Waals surface area contributed by atoms with Crippen LogP contribution in [0.5, 0.6) is 11.5 Å². The summed E-state index contributed by atoms with van der Waals surface area (Å²) in [5, 5.41) is 12.3. The van der Waals surface area contributed by atoms with E-state index in [1.54, 1.807) is 6.07 Å². The third kappa shape index (κ3) is 3.68. The van der Waals surface area contributed by atoms with Gasteiger partial charge in [-0.2, -0.15) is 0 Å². The molecule has 0 atom stereocenters. The van der Waals surface area contributed by atoms with Gasteiger partial charge < -0.3 is 9.84 Å². The highest BCUT2D eigenvalue weighted by Gasteiger charge is 2.34. The van der Waals surface area contributed by atoms with Gasteiger partial charge in [0.2, 0.25) is 0 Å².